The molecule has 0 fully saturated rings. The van der Waals surface area contributed by atoms with Crippen LogP contribution in [0.2, 0.25) is 5.28 Å². The number of hydrogen-bond donors (Lipinski definition) is 0. The Morgan fingerprint density at radius 2 is 2.31 bits per heavy atom. The Morgan fingerprint density at radius 3 is 3.00 bits per heavy atom. The standard InChI is InChI=1S/C9H8BrClN4O/c1-2-15-5-6(3-13-15)16-8-7(10)4-12-9(11)14-8/h3-5H,2H2,1H3. The predicted octanol–water partition coefficient (Wildman–Crippen LogP) is 2.90. The van der Waals surface area contributed by atoms with Crippen LogP contribution in [0.5, 0.6) is 11.6 Å². The van der Waals surface area contributed by atoms with Crippen LogP contribution in [0.1, 0.15) is 6.92 Å². The van der Waals surface area contributed by atoms with Gasteiger partial charge < -0.3 is 4.74 Å². The highest BCUT2D eigenvalue weighted by Crippen LogP contribution is 2.27. The summed E-state index contributed by atoms with van der Waals surface area (Å²) < 4.78 is 7.90. The molecule has 2 heterocycles. The average molecular weight is 304 g/mol. The first-order valence-corrected chi connectivity index (χ1v) is 5.74. The first-order valence-electron chi connectivity index (χ1n) is 4.57. The molecule has 16 heavy (non-hydrogen) atoms. The fraction of sp³-hybridized carbons (Fsp3) is 0.222. The molecule has 0 amide bonds. The molecule has 0 atom stereocenters. The van der Waals surface area contributed by atoms with E-state index < -0.39 is 0 Å². The summed E-state index contributed by atoms with van der Waals surface area (Å²) in [6, 6.07) is 0. The number of rotatable bonds is 3. The zero-order valence-electron chi connectivity index (χ0n) is 8.39. The fourth-order valence-corrected chi connectivity index (χ4v) is 1.48. The third-order valence-electron chi connectivity index (χ3n) is 1.83. The van der Waals surface area contributed by atoms with Crippen LogP contribution in [0.3, 0.4) is 0 Å². The van der Waals surface area contributed by atoms with E-state index in [1.165, 1.54) is 6.20 Å². The number of nitrogens with zero attached hydrogens (tertiary/aromatic N) is 4. The number of halogens is 2. The number of aryl methyl sites for hydroxylation is 1. The summed E-state index contributed by atoms with van der Waals surface area (Å²) in [6.45, 7) is 2.78. The molecule has 84 valence electrons. The van der Waals surface area contributed by atoms with Crippen LogP contribution < -0.4 is 4.74 Å². The van der Waals surface area contributed by atoms with E-state index in [9.17, 15) is 0 Å². The lowest BCUT2D eigenvalue weighted by Gasteiger charge is -2.03. The highest BCUT2D eigenvalue weighted by atomic mass is 79.9. The van der Waals surface area contributed by atoms with E-state index in [1.807, 2.05) is 6.92 Å². The van der Waals surface area contributed by atoms with Gasteiger partial charge in [0.15, 0.2) is 5.75 Å². The molecule has 0 aromatic carbocycles. The zero-order chi connectivity index (χ0) is 11.5. The Hall–Kier alpha value is -1.14. The van der Waals surface area contributed by atoms with Crippen molar-refractivity contribution in [2.75, 3.05) is 0 Å². The van der Waals surface area contributed by atoms with Crippen molar-refractivity contribution in [3.8, 4) is 11.6 Å². The van der Waals surface area contributed by atoms with Crippen LogP contribution in [0, 0.1) is 0 Å². The monoisotopic (exact) mass is 302 g/mol. The first-order chi connectivity index (χ1) is 7.69. The molecule has 0 aliphatic heterocycles. The van der Waals surface area contributed by atoms with Gasteiger partial charge in [0.2, 0.25) is 11.2 Å². The van der Waals surface area contributed by atoms with Crippen molar-refractivity contribution < 1.29 is 4.74 Å². The third-order valence-corrected chi connectivity index (χ3v) is 2.56. The maximum atomic E-state index is 5.67. The minimum Gasteiger partial charge on any atom is -0.434 e. The van der Waals surface area contributed by atoms with Crippen LogP contribution >= 0.6 is 27.5 Å². The van der Waals surface area contributed by atoms with Crippen molar-refractivity contribution >= 4 is 27.5 Å². The van der Waals surface area contributed by atoms with Crippen molar-refractivity contribution in [2.45, 2.75) is 13.5 Å². The average Bonchev–Trinajstić information content (AvgIpc) is 2.71. The van der Waals surface area contributed by atoms with Crippen LogP contribution in [0.15, 0.2) is 23.1 Å². The number of aromatic nitrogens is 4. The van der Waals surface area contributed by atoms with Gasteiger partial charge in [-0.05, 0) is 34.5 Å². The van der Waals surface area contributed by atoms with Crippen LogP contribution in [0.25, 0.3) is 0 Å². The molecule has 7 heteroatoms. The predicted molar refractivity (Wildman–Crippen MR) is 62.7 cm³/mol. The van der Waals surface area contributed by atoms with E-state index >= 15 is 0 Å². The molecular formula is C9H8BrClN4O. The fourth-order valence-electron chi connectivity index (χ4n) is 1.08. The molecule has 0 radical (unpaired) electrons. The topological polar surface area (TPSA) is 52.8 Å². The Bertz CT molecular complexity index is 502. The van der Waals surface area contributed by atoms with E-state index in [4.69, 9.17) is 16.3 Å². The summed E-state index contributed by atoms with van der Waals surface area (Å²) in [5.41, 5.74) is 0. The zero-order valence-corrected chi connectivity index (χ0v) is 10.7. The van der Waals surface area contributed by atoms with Gasteiger partial charge in [-0.3, -0.25) is 4.68 Å². The summed E-state index contributed by atoms with van der Waals surface area (Å²) in [6.07, 6.45) is 4.93. The van der Waals surface area contributed by atoms with E-state index in [-0.39, 0.29) is 5.28 Å². The molecule has 0 unspecified atom stereocenters. The quantitative estimate of drug-likeness (QED) is 0.818. The Morgan fingerprint density at radius 1 is 1.50 bits per heavy atom. The van der Waals surface area contributed by atoms with Gasteiger partial charge in [0, 0.05) is 12.7 Å². The van der Waals surface area contributed by atoms with E-state index in [2.05, 4.69) is 31.0 Å². The van der Waals surface area contributed by atoms with Gasteiger partial charge in [-0.25, -0.2) is 4.98 Å². The summed E-state index contributed by atoms with van der Waals surface area (Å²) >= 11 is 8.95. The molecular weight excluding hydrogens is 295 g/mol. The molecule has 0 spiro atoms. The van der Waals surface area contributed by atoms with E-state index in [0.29, 0.717) is 16.1 Å². The van der Waals surface area contributed by atoms with E-state index in [1.54, 1.807) is 17.1 Å². The molecule has 5 nitrogen and oxygen atoms in total. The molecule has 0 aliphatic carbocycles. The molecule has 2 aromatic rings. The lowest BCUT2D eigenvalue weighted by molar-refractivity contribution is 0.457. The van der Waals surface area contributed by atoms with Crippen molar-refractivity contribution in [1.29, 1.82) is 0 Å². The highest BCUT2D eigenvalue weighted by Gasteiger charge is 2.07. The van der Waals surface area contributed by atoms with Crippen molar-refractivity contribution in [1.82, 2.24) is 19.7 Å². The number of hydrogen-bond acceptors (Lipinski definition) is 4. The van der Waals surface area contributed by atoms with Gasteiger partial charge in [0.05, 0.1) is 16.9 Å². The maximum absolute atomic E-state index is 5.67. The maximum Gasteiger partial charge on any atom is 0.238 e. The minimum atomic E-state index is 0.140. The SMILES string of the molecule is CCn1cc(Oc2nc(Cl)ncc2Br)cn1. The van der Waals surface area contributed by atoms with Gasteiger partial charge in [-0.15, -0.1) is 0 Å². The molecule has 2 aromatic heterocycles. The summed E-state index contributed by atoms with van der Waals surface area (Å²) in [7, 11) is 0. The van der Waals surface area contributed by atoms with Gasteiger partial charge in [-0.1, -0.05) is 0 Å². The largest absolute Gasteiger partial charge is 0.434 e. The lowest BCUT2D eigenvalue weighted by atomic mass is 10.6. The normalized spacial score (nSPS) is 10.4. The Balaban J connectivity index is 2.22. The molecule has 0 bridgehead atoms. The summed E-state index contributed by atoms with van der Waals surface area (Å²) in [5, 5.41) is 4.22. The van der Waals surface area contributed by atoms with Crippen molar-refractivity contribution in [2.24, 2.45) is 0 Å². The Kier molecular flexibility index (Phi) is 3.40. The van der Waals surface area contributed by atoms with Gasteiger partial charge in [0.1, 0.15) is 0 Å². The second-order valence-electron chi connectivity index (χ2n) is 2.93. The van der Waals surface area contributed by atoms with E-state index in [0.717, 1.165) is 6.54 Å². The molecule has 0 saturated heterocycles. The van der Waals surface area contributed by atoms with Gasteiger partial charge in [0.25, 0.3) is 0 Å². The second kappa shape index (κ2) is 4.80. The lowest BCUT2D eigenvalue weighted by Crippen LogP contribution is -1.93. The minimum absolute atomic E-state index is 0.140. The number of ether oxygens (including phenoxy) is 1. The highest BCUT2D eigenvalue weighted by molar-refractivity contribution is 9.10. The van der Waals surface area contributed by atoms with Crippen molar-refractivity contribution in [3.05, 3.63) is 28.3 Å². The Labute approximate surface area is 106 Å². The van der Waals surface area contributed by atoms with Crippen molar-refractivity contribution in [3.63, 3.8) is 0 Å². The van der Waals surface area contributed by atoms with Gasteiger partial charge in [-0.2, -0.15) is 10.1 Å². The summed E-state index contributed by atoms with van der Waals surface area (Å²) in [4.78, 5) is 7.76. The third kappa shape index (κ3) is 2.51. The smallest absolute Gasteiger partial charge is 0.238 e. The first kappa shape index (κ1) is 11.3. The summed E-state index contributed by atoms with van der Waals surface area (Å²) in [5.74, 6) is 0.980. The molecule has 0 N–H and O–H groups in total. The van der Waals surface area contributed by atoms with Crippen LogP contribution in [-0.4, -0.2) is 19.7 Å². The van der Waals surface area contributed by atoms with Gasteiger partial charge >= 0.3 is 0 Å². The van der Waals surface area contributed by atoms with Crippen LogP contribution in [0.4, 0.5) is 0 Å². The second-order valence-corrected chi connectivity index (χ2v) is 4.12. The molecule has 0 aliphatic rings. The molecule has 2 rings (SSSR count). The molecule has 0 saturated carbocycles. The van der Waals surface area contributed by atoms with Crippen LogP contribution in [-0.2, 0) is 6.54 Å².